The summed E-state index contributed by atoms with van der Waals surface area (Å²) >= 11 is 0. The third-order valence-electron chi connectivity index (χ3n) is 3.46. The van der Waals surface area contributed by atoms with Crippen LogP contribution in [0.25, 0.3) is 0 Å². The number of nitrogens with one attached hydrogen (secondary N) is 1. The predicted molar refractivity (Wildman–Crippen MR) is 77.5 cm³/mol. The summed E-state index contributed by atoms with van der Waals surface area (Å²) in [4.78, 5) is 35.3. The quantitative estimate of drug-likeness (QED) is 0.663. The number of carboxylic acid groups (broad SMARTS) is 1. The second kappa shape index (κ2) is 6.60. The van der Waals surface area contributed by atoms with Crippen molar-refractivity contribution in [3.05, 3.63) is 11.6 Å². The Labute approximate surface area is 124 Å². The fraction of sp³-hybridized carbons (Fsp3) is 0.643. The van der Waals surface area contributed by atoms with Crippen molar-refractivity contribution in [2.45, 2.75) is 39.7 Å². The van der Waals surface area contributed by atoms with Gasteiger partial charge in [0, 0.05) is 13.1 Å². The zero-order valence-electron chi connectivity index (χ0n) is 12.7. The van der Waals surface area contributed by atoms with Crippen LogP contribution in [0.1, 0.15) is 33.6 Å². The minimum absolute atomic E-state index is 0.0676. The van der Waals surface area contributed by atoms with Gasteiger partial charge in [-0.1, -0.05) is 32.4 Å². The monoisotopic (exact) mass is 297 g/mol. The van der Waals surface area contributed by atoms with E-state index in [0.29, 0.717) is 13.1 Å². The highest BCUT2D eigenvalue weighted by atomic mass is 16.4. The lowest BCUT2D eigenvalue weighted by Gasteiger charge is -2.32. The normalized spacial score (nSPS) is 16.9. The molecule has 1 atom stereocenters. The van der Waals surface area contributed by atoms with Crippen molar-refractivity contribution < 1.29 is 19.5 Å². The van der Waals surface area contributed by atoms with Crippen molar-refractivity contribution in [1.82, 2.24) is 10.2 Å². The highest BCUT2D eigenvalue weighted by Crippen LogP contribution is 2.29. The Morgan fingerprint density at radius 1 is 1.43 bits per heavy atom. The number of rotatable bonds is 4. The van der Waals surface area contributed by atoms with Gasteiger partial charge in [-0.25, -0.2) is 9.59 Å². The van der Waals surface area contributed by atoms with E-state index in [1.54, 1.807) is 0 Å². The molecule has 3 amide bonds. The molecule has 0 aromatic heterocycles. The fourth-order valence-electron chi connectivity index (χ4n) is 2.18. The molecule has 0 spiro atoms. The Balaban J connectivity index is 2.63. The molecule has 0 bridgehead atoms. The number of hydrogen-bond donors (Lipinski definition) is 3. The molecule has 4 N–H and O–H groups in total. The van der Waals surface area contributed by atoms with Crippen LogP contribution in [-0.4, -0.2) is 47.0 Å². The molecule has 0 fully saturated rings. The van der Waals surface area contributed by atoms with E-state index >= 15 is 0 Å². The SMILES string of the molecule is CC(C)(C)C1=CCN(C(=O)NC(CC(N)=O)C(=O)O)CC1. The lowest BCUT2D eigenvalue weighted by atomic mass is 9.83. The van der Waals surface area contributed by atoms with E-state index in [0.717, 1.165) is 6.42 Å². The third kappa shape index (κ3) is 5.09. The lowest BCUT2D eigenvalue weighted by molar-refractivity contribution is -0.140. The molecule has 0 aromatic rings. The van der Waals surface area contributed by atoms with Gasteiger partial charge in [0.05, 0.1) is 6.42 Å². The number of carboxylic acids is 1. The minimum Gasteiger partial charge on any atom is -0.480 e. The van der Waals surface area contributed by atoms with Gasteiger partial charge < -0.3 is 21.1 Å². The Hall–Kier alpha value is -2.05. The molecule has 7 nitrogen and oxygen atoms in total. The van der Waals surface area contributed by atoms with Crippen molar-refractivity contribution in [3.8, 4) is 0 Å². The molecule has 0 aliphatic carbocycles. The highest BCUT2D eigenvalue weighted by molar-refractivity contribution is 5.87. The molecule has 0 radical (unpaired) electrons. The van der Waals surface area contributed by atoms with Crippen LogP contribution in [0.4, 0.5) is 4.79 Å². The second-order valence-corrected chi connectivity index (χ2v) is 6.19. The van der Waals surface area contributed by atoms with Crippen molar-refractivity contribution in [3.63, 3.8) is 0 Å². The van der Waals surface area contributed by atoms with E-state index in [-0.39, 0.29) is 5.41 Å². The molecule has 7 heteroatoms. The smallest absolute Gasteiger partial charge is 0.326 e. The first-order chi connectivity index (χ1) is 9.61. The molecule has 21 heavy (non-hydrogen) atoms. The van der Waals surface area contributed by atoms with Gasteiger partial charge >= 0.3 is 12.0 Å². The zero-order chi connectivity index (χ0) is 16.2. The lowest BCUT2D eigenvalue weighted by Crippen LogP contribution is -2.50. The van der Waals surface area contributed by atoms with Crippen molar-refractivity contribution in [1.29, 1.82) is 0 Å². The minimum atomic E-state index is -1.29. The van der Waals surface area contributed by atoms with Crippen LogP contribution in [0.3, 0.4) is 0 Å². The number of carbonyl (C=O) groups is 3. The molecular weight excluding hydrogens is 274 g/mol. The van der Waals surface area contributed by atoms with E-state index in [2.05, 4.69) is 26.1 Å². The first-order valence-corrected chi connectivity index (χ1v) is 6.87. The van der Waals surface area contributed by atoms with Crippen LogP contribution < -0.4 is 11.1 Å². The summed E-state index contributed by atoms with van der Waals surface area (Å²) in [5.41, 5.74) is 6.32. The van der Waals surface area contributed by atoms with Crippen LogP contribution in [0.2, 0.25) is 0 Å². The van der Waals surface area contributed by atoms with Gasteiger partial charge in [-0.05, 0) is 11.8 Å². The summed E-state index contributed by atoms with van der Waals surface area (Å²) in [5.74, 6) is -2.04. The number of urea groups is 1. The molecular formula is C14H23N3O4. The van der Waals surface area contributed by atoms with Crippen LogP contribution in [-0.2, 0) is 9.59 Å². The van der Waals surface area contributed by atoms with Crippen LogP contribution in [0.15, 0.2) is 11.6 Å². The van der Waals surface area contributed by atoms with Gasteiger partial charge in [-0.2, -0.15) is 0 Å². The molecule has 0 saturated carbocycles. The largest absolute Gasteiger partial charge is 0.480 e. The van der Waals surface area contributed by atoms with Crippen molar-refractivity contribution >= 4 is 17.9 Å². The molecule has 1 aliphatic rings. The van der Waals surface area contributed by atoms with Gasteiger partial charge in [0.15, 0.2) is 0 Å². The predicted octanol–water partition coefficient (Wildman–Crippen LogP) is 0.703. The third-order valence-corrected chi connectivity index (χ3v) is 3.46. The molecule has 0 aromatic carbocycles. The number of nitrogens with zero attached hydrogens (tertiary/aromatic N) is 1. The van der Waals surface area contributed by atoms with Gasteiger partial charge in [0.1, 0.15) is 6.04 Å². The summed E-state index contributed by atoms with van der Waals surface area (Å²) in [7, 11) is 0. The topological polar surface area (TPSA) is 113 Å². The number of nitrogens with two attached hydrogens (primary N) is 1. The molecule has 1 rings (SSSR count). The number of hydrogen-bond acceptors (Lipinski definition) is 3. The fourth-order valence-corrected chi connectivity index (χ4v) is 2.18. The van der Waals surface area contributed by atoms with Crippen molar-refractivity contribution in [2.24, 2.45) is 11.1 Å². The molecule has 118 valence electrons. The first kappa shape index (κ1) is 17.0. The second-order valence-electron chi connectivity index (χ2n) is 6.19. The van der Waals surface area contributed by atoms with Crippen LogP contribution >= 0.6 is 0 Å². The maximum absolute atomic E-state index is 12.0. The van der Waals surface area contributed by atoms with Gasteiger partial charge in [-0.3, -0.25) is 4.79 Å². The highest BCUT2D eigenvalue weighted by Gasteiger charge is 2.27. The number of carbonyl (C=O) groups excluding carboxylic acids is 2. The van der Waals surface area contributed by atoms with Crippen molar-refractivity contribution in [2.75, 3.05) is 13.1 Å². The maximum Gasteiger partial charge on any atom is 0.326 e. The number of amides is 3. The Kier molecular flexibility index (Phi) is 5.34. The maximum atomic E-state index is 12.0. The van der Waals surface area contributed by atoms with Gasteiger partial charge in [0.2, 0.25) is 5.91 Å². The average molecular weight is 297 g/mol. The molecule has 1 unspecified atom stereocenters. The summed E-state index contributed by atoms with van der Waals surface area (Å²) in [5, 5.41) is 11.3. The summed E-state index contributed by atoms with van der Waals surface area (Å²) in [6, 6.07) is -1.78. The molecule has 1 aliphatic heterocycles. The van der Waals surface area contributed by atoms with Crippen LogP contribution in [0.5, 0.6) is 0 Å². The summed E-state index contributed by atoms with van der Waals surface area (Å²) in [6.07, 6.45) is 2.33. The summed E-state index contributed by atoms with van der Waals surface area (Å²) in [6.45, 7) is 7.30. The van der Waals surface area contributed by atoms with Gasteiger partial charge in [-0.15, -0.1) is 0 Å². The van der Waals surface area contributed by atoms with Crippen LogP contribution in [0, 0.1) is 5.41 Å². The van der Waals surface area contributed by atoms with E-state index in [4.69, 9.17) is 10.8 Å². The van der Waals surface area contributed by atoms with E-state index in [1.165, 1.54) is 10.5 Å². The molecule has 1 heterocycles. The Bertz CT molecular complexity index is 465. The Morgan fingerprint density at radius 2 is 2.05 bits per heavy atom. The van der Waals surface area contributed by atoms with Gasteiger partial charge in [0.25, 0.3) is 0 Å². The standard InChI is InChI=1S/C14H23N3O4/c1-14(2,3)9-4-6-17(7-5-9)13(21)16-10(12(19)20)8-11(15)18/h4,10H,5-8H2,1-3H3,(H2,15,18)(H,16,21)(H,19,20). The zero-order valence-corrected chi connectivity index (χ0v) is 12.7. The Morgan fingerprint density at radius 3 is 2.43 bits per heavy atom. The number of primary amides is 1. The van der Waals surface area contributed by atoms with E-state index in [1.807, 2.05) is 6.08 Å². The number of aliphatic carboxylic acids is 1. The van der Waals surface area contributed by atoms with E-state index in [9.17, 15) is 14.4 Å². The van der Waals surface area contributed by atoms with E-state index < -0.39 is 30.4 Å². The average Bonchev–Trinajstić information content (AvgIpc) is 2.36. The summed E-state index contributed by atoms with van der Waals surface area (Å²) < 4.78 is 0. The first-order valence-electron chi connectivity index (χ1n) is 6.87. The molecule has 0 saturated heterocycles.